The Bertz CT molecular complexity index is 321. The zero-order valence-electron chi connectivity index (χ0n) is 9.98. The van der Waals surface area contributed by atoms with Gasteiger partial charge in [-0.3, -0.25) is 4.90 Å². The van der Waals surface area contributed by atoms with Crippen molar-refractivity contribution < 1.29 is 9.52 Å². The van der Waals surface area contributed by atoms with Crippen LogP contribution in [0, 0.1) is 5.92 Å². The van der Waals surface area contributed by atoms with Crippen molar-refractivity contribution in [2.75, 3.05) is 13.1 Å². The van der Waals surface area contributed by atoms with Gasteiger partial charge in [0.05, 0.1) is 6.54 Å². The number of hydrogen-bond donors (Lipinski definition) is 1. The third kappa shape index (κ3) is 2.86. The first-order valence-electron chi connectivity index (χ1n) is 6.22. The van der Waals surface area contributed by atoms with E-state index in [1.165, 1.54) is 32.4 Å². The highest BCUT2D eigenvalue weighted by atomic mass is 16.4. The van der Waals surface area contributed by atoms with Crippen LogP contribution < -0.4 is 0 Å². The van der Waals surface area contributed by atoms with Crippen LogP contribution in [-0.2, 0) is 13.2 Å². The van der Waals surface area contributed by atoms with E-state index in [-0.39, 0.29) is 6.61 Å². The number of aliphatic hydroxyl groups is 1. The molecule has 0 spiro atoms. The molecule has 1 aromatic heterocycles. The lowest BCUT2D eigenvalue weighted by atomic mass is 10.0. The molecule has 2 heterocycles. The fourth-order valence-corrected chi connectivity index (χ4v) is 2.51. The van der Waals surface area contributed by atoms with Crippen molar-refractivity contribution in [2.24, 2.45) is 5.92 Å². The number of aliphatic hydroxyl groups excluding tert-OH is 1. The van der Waals surface area contributed by atoms with E-state index in [1.807, 2.05) is 12.1 Å². The molecule has 0 bridgehead atoms. The highest BCUT2D eigenvalue weighted by Crippen LogP contribution is 2.22. The van der Waals surface area contributed by atoms with Gasteiger partial charge in [0.1, 0.15) is 18.1 Å². The molecule has 1 aliphatic rings. The van der Waals surface area contributed by atoms with Crippen molar-refractivity contribution in [1.82, 2.24) is 4.90 Å². The molecule has 0 amide bonds. The Morgan fingerprint density at radius 2 is 2.25 bits per heavy atom. The summed E-state index contributed by atoms with van der Waals surface area (Å²) < 4.78 is 5.50. The van der Waals surface area contributed by atoms with Gasteiger partial charge in [0.15, 0.2) is 0 Å². The molecule has 0 aliphatic carbocycles. The molecule has 1 N–H and O–H groups in total. The van der Waals surface area contributed by atoms with E-state index >= 15 is 0 Å². The maximum Gasteiger partial charge on any atom is 0.129 e. The molecule has 1 aliphatic heterocycles. The Balaban J connectivity index is 1.82. The second-order valence-corrected chi connectivity index (χ2v) is 4.70. The second kappa shape index (κ2) is 5.51. The maximum absolute atomic E-state index is 8.92. The molecule has 90 valence electrons. The van der Waals surface area contributed by atoms with Gasteiger partial charge in [0, 0.05) is 6.54 Å². The first-order chi connectivity index (χ1) is 7.81. The van der Waals surface area contributed by atoms with E-state index in [2.05, 4.69) is 11.8 Å². The third-order valence-electron chi connectivity index (χ3n) is 3.32. The topological polar surface area (TPSA) is 36.6 Å². The summed E-state index contributed by atoms with van der Waals surface area (Å²) in [7, 11) is 0. The minimum atomic E-state index is -0.00153. The molecule has 0 aromatic carbocycles. The normalized spacial score (nSPS) is 21.8. The Kier molecular flexibility index (Phi) is 4.02. The van der Waals surface area contributed by atoms with Crippen LogP contribution in [-0.4, -0.2) is 23.1 Å². The molecular weight excluding hydrogens is 202 g/mol. The number of likely N-dealkylation sites (tertiary alicyclic amines) is 1. The molecule has 16 heavy (non-hydrogen) atoms. The van der Waals surface area contributed by atoms with Gasteiger partial charge in [-0.2, -0.15) is 0 Å². The Hall–Kier alpha value is -0.800. The van der Waals surface area contributed by atoms with Crippen LogP contribution in [0.25, 0.3) is 0 Å². The smallest absolute Gasteiger partial charge is 0.129 e. The average molecular weight is 223 g/mol. The van der Waals surface area contributed by atoms with Crippen LogP contribution in [0.5, 0.6) is 0 Å². The summed E-state index contributed by atoms with van der Waals surface area (Å²) in [4.78, 5) is 2.44. The van der Waals surface area contributed by atoms with Gasteiger partial charge in [-0.25, -0.2) is 0 Å². The van der Waals surface area contributed by atoms with Crippen LogP contribution >= 0.6 is 0 Å². The Morgan fingerprint density at radius 1 is 1.44 bits per heavy atom. The number of nitrogens with zero attached hydrogens (tertiary/aromatic N) is 1. The highest BCUT2D eigenvalue weighted by Gasteiger charge is 2.22. The van der Waals surface area contributed by atoms with Crippen molar-refractivity contribution in [1.29, 1.82) is 0 Å². The standard InChI is InChI=1S/C13H21NO2/c1-2-3-11-6-7-14(8-11)9-12-4-5-13(10-15)16-12/h4-5,11,15H,2-3,6-10H2,1H3. The van der Waals surface area contributed by atoms with Crippen molar-refractivity contribution in [3.05, 3.63) is 23.7 Å². The zero-order valence-corrected chi connectivity index (χ0v) is 9.98. The van der Waals surface area contributed by atoms with Crippen LogP contribution in [0.15, 0.2) is 16.5 Å². The molecule has 2 rings (SSSR count). The van der Waals surface area contributed by atoms with Gasteiger partial charge in [-0.05, 0) is 37.4 Å². The van der Waals surface area contributed by atoms with E-state index < -0.39 is 0 Å². The number of furan rings is 1. The lowest BCUT2D eigenvalue weighted by Crippen LogP contribution is -2.19. The largest absolute Gasteiger partial charge is 0.462 e. The van der Waals surface area contributed by atoms with Crippen LogP contribution in [0.3, 0.4) is 0 Å². The van der Waals surface area contributed by atoms with Crippen LogP contribution in [0.4, 0.5) is 0 Å². The quantitative estimate of drug-likeness (QED) is 0.832. The van der Waals surface area contributed by atoms with Gasteiger partial charge in [0.2, 0.25) is 0 Å². The second-order valence-electron chi connectivity index (χ2n) is 4.70. The molecule has 1 atom stereocenters. The van der Waals surface area contributed by atoms with Crippen molar-refractivity contribution >= 4 is 0 Å². The van der Waals surface area contributed by atoms with Gasteiger partial charge in [-0.15, -0.1) is 0 Å². The van der Waals surface area contributed by atoms with Crippen molar-refractivity contribution in [2.45, 2.75) is 39.3 Å². The van der Waals surface area contributed by atoms with E-state index in [0.717, 1.165) is 18.2 Å². The first kappa shape index (κ1) is 11.7. The van der Waals surface area contributed by atoms with Gasteiger partial charge < -0.3 is 9.52 Å². The molecule has 3 nitrogen and oxygen atoms in total. The minimum absolute atomic E-state index is 0.00153. The number of hydrogen-bond acceptors (Lipinski definition) is 3. The van der Waals surface area contributed by atoms with Crippen LogP contribution in [0.1, 0.15) is 37.7 Å². The first-order valence-corrected chi connectivity index (χ1v) is 6.22. The maximum atomic E-state index is 8.92. The predicted octanol–water partition coefficient (Wildman–Crippen LogP) is 2.39. The molecule has 1 aromatic rings. The third-order valence-corrected chi connectivity index (χ3v) is 3.32. The van der Waals surface area contributed by atoms with E-state index in [4.69, 9.17) is 9.52 Å². The van der Waals surface area contributed by atoms with Crippen molar-refractivity contribution in [3.8, 4) is 0 Å². The molecule has 3 heteroatoms. The molecule has 0 saturated carbocycles. The van der Waals surface area contributed by atoms with Gasteiger partial charge in [-0.1, -0.05) is 13.3 Å². The fourth-order valence-electron chi connectivity index (χ4n) is 2.51. The van der Waals surface area contributed by atoms with Crippen LogP contribution in [0.2, 0.25) is 0 Å². The van der Waals surface area contributed by atoms with E-state index in [0.29, 0.717) is 5.76 Å². The molecule has 1 fully saturated rings. The summed E-state index contributed by atoms with van der Waals surface area (Å²) in [5.74, 6) is 2.51. The summed E-state index contributed by atoms with van der Waals surface area (Å²) in [6.07, 6.45) is 3.95. The van der Waals surface area contributed by atoms with Gasteiger partial charge >= 0.3 is 0 Å². The number of rotatable bonds is 5. The Morgan fingerprint density at radius 3 is 2.94 bits per heavy atom. The molecule has 0 radical (unpaired) electrons. The fraction of sp³-hybridized carbons (Fsp3) is 0.692. The lowest BCUT2D eigenvalue weighted by molar-refractivity contribution is 0.231. The van der Waals surface area contributed by atoms with E-state index in [1.54, 1.807) is 0 Å². The summed E-state index contributed by atoms with van der Waals surface area (Å²) in [5, 5.41) is 8.92. The molecule has 1 saturated heterocycles. The molecular formula is C13H21NO2. The monoisotopic (exact) mass is 223 g/mol. The lowest BCUT2D eigenvalue weighted by Gasteiger charge is -2.13. The van der Waals surface area contributed by atoms with E-state index in [9.17, 15) is 0 Å². The minimum Gasteiger partial charge on any atom is -0.462 e. The summed E-state index contributed by atoms with van der Waals surface area (Å²) in [6, 6.07) is 3.83. The highest BCUT2D eigenvalue weighted by molar-refractivity contribution is 5.06. The van der Waals surface area contributed by atoms with Gasteiger partial charge in [0.25, 0.3) is 0 Å². The summed E-state index contributed by atoms with van der Waals surface area (Å²) >= 11 is 0. The predicted molar refractivity (Wildman–Crippen MR) is 62.9 cm³/mol. The average Bonchev–Trinajstić information content (AvgIpc) is 2.89. The van der Waals surface area contributed by atoms with Crippen molar-refractivity contribution in [3.63, 3.8) is 0 Å². The summed E-state index contributed by atoms with van der Waals surface area (Å²) in [6.45, 7) is 5.52. The summed E-state index contributed by atoms with van der Waals surface area (Å²) in [5.41, 5.74) is 0. The Labute approximate surface area is 97.1 Å². The zero-order chi connectivity index (χ0) is 11.4. The SMILES string of the molecule is CCCC1CCN(Cc2ccc(CO)o2)C1. The molecule has 1 unspecified atom stereocenters.